The van der Waals surface area contributed by atoms with Gasteiger partial charge >= 0.3 is 0 Å². The molecule has 1 heterocycles. The molecule has 0 aliphatic carbocycles. The van der Waals surface area contributed by atoms with Crippen LogP contribution in [-0.4, -0.2) is 37.2 Å². The van der Waals surface area contributed by atoms with Gasteiger partial charge in [-0.3, -0.25) is 4.68 Å². The standard InChI is InChI=1S/C14H27N3O2/c1-9(2)14(19-7)12(15-5)13-11(18-6)8-16-17(13)10(3)4/h8-10,12,14-15H,1-7H3. The van der Waals surface area contributed by atoms with Gasteiger partial charge < -0.3 is 14.8 Å². The van der Waals surface area contributed by atoms with Crippen LogP contribution in [0.3, 0.4) is 0 Å². The maximum atomic E-state index is 5.66. The summed E-state index contributed by atoms with van der Waals surface area (Å²) in [5.74, 6) is 1.19. The van der Waals surface area contributed by atoms with Crippen LogP contribution in [0.25, 0.3) is 0 Å². The van der Waals surface area contributed by atoms with Crippen molar-refractivity contribution in [3.8, 4) is 5.75 Å². The van der Waals surface area contributed by atoms with Gasteiger partial charge in [-0.25, -0.2) is 0 Å². The van der Waals surface area contributed by atoms with Gasteiger partial charge in [-0.2, -0.15) is 5.10 Å². The van der Waals surface area contributed by atoms with Gasteiger partial charge in [0.25, 0.3) is 0 Å². The lowest BCUT2D eigenvalue weighted by Crippen LogP contribution is -2.36. The van der Waals surface area contributed by atoms with Crippen LogP contribution in [0.1, 0.15) is 45.5 Å². The molecule has 0 bridgehead atoms. The fourth-order valence-electron chi connectivity index (χ4n) is 2.47. The van der Waals surface area contributed by atoms with E-state index in [2.05, 4.69) is 38.1 Å². The zero-order chi connectivity index (χ0) is 14.6. The van der Waals surface area contributed by atoms with E-state index in [4.69, 9.17) is 9.47 Å². The highest BCUT2D eigenvalue weighted by atomic mass is 16.5. The largest absolute Gasteiger partial charge is 0.493 e. The molecule has 0 aromatic carbocycles. The van der Waals surface area contributed by atoms with Crippen molar-refractivity contribution in [2.75, 3.05) is 21.3 Å². The molecular formula is C14H27N3O2. The fourth-order valence-corrected chi connectivity index (χ4v) is 2.47. The first kappa shape index (κ1) is 16.0. The van der Waals surface area contributed by atoms with E-state index in [-0.39, 0.29) is 18.2 Å². The van der Waals surface area contributed by atoms with Crippen LogP contribution in [-0.2, 0) is 4.74 Å². The zero-order valence-corrected chi connectivity index (χ0v) is 13.1. The Kier molecular flexibility index (Phi) is 5.82. The molecule has 0 saturated heterocycles. The minimum absolute atomic E-state index is 0.0462. The Hall–Kier alpha value is -1.07. The van der Waals surface area contributed by atoms with Gasteiger partial charge in [-0.05, 0) is 26.8 Å². The molecule has 110 valence electrons. The Morgan fingerprint density at radius 2 is 1.84 bits per heavy atom. The van der Waals surface area contributed by atoms with Gasteiger partial charge in [0.1, 0.15) is 5.69 Å². The van der Waals surface area contributed by atoms with Crippen molar-refractivity contribution in [1.82, 2.24) is 15.1 Å². The van der Waals surface area contributed by atoms with Crippen molar-refractivity contribution in [3.63, 3.8) is 0 Å². The lowest BCUT2D eigenvalue weighted by molar-refractivity contribution is 0.0313. The van der Waals surface area contributed by atoms with Gasteiger partial charge in [0, 0.05) is 13.2 Å². The Morgan fingerprint density at radius 1 is 1.21 bits per heavy atom. The second-order valence-electron chi connectivity index (χ2n) is 5.35. The highest BCUT2D eigenvalue weighted by Crippen LogP contribution is 2.32. The predicted octanol–water partition coefficient (Wildman–Crippen LogP) is 2.40. The Balaban J connectivity index is 3.26. The maximum Gasteiger partial charge on any atom is 0.161 e. The van der Waals surface area contributed by atoms with Crippen LogP contribution in [0, 0.1) is 5.92 Å². The molecule has 5 heteroatoms. The average molecular weight is 269 g/mol. The van der Waals surface area contributed by atoms with Crippen molar-refractivity contribution < 1.29 is 9.47 Å². The smallest absolute Gasteiger partial charge is 0.161 e. The van der Waals surface area contributed by atoms with E-state index in [0.717, 1.165) is 11.4 Å². The van der Waals surface area contributed by atoms with Crippen molar-refractivity contribution in [2.24, 2.45) is 5.92 Å². The van der Waals surface area contributed by atoms with Crippen LogP contribution in [0.2, 0.25) is 0 Å². The molecule has 0 aliphatic rings. The van der Waals surface area contributed by atoms with Gasteiger partial charge in [0.15, 0.2) is 5.75 Å². The molecule has 1 aromatic heterocycles. The summed E-state index contributed by atoms with van der Waals surface area (Å²) in [6, 6.07) is 0.323. The normalized spacial score (nSPS) is 15.0. The molecule has 0 spiro atoms. The van der Waals surface area contributed by atoms with Crippen molar-refractivity contribution in [1.29, 1.82) is 0 Å². The molecule has 1 N–H and O–H groups in total. The molecule has 0 fully saturated rings. The summed E-state index contributed by atoms with van der Waals surface area (Å²) in [4.78, 5) is 0. The Morgan fingerprint density at radius 3 is 2.21 bits per heavy atom. The molecule has 19 heavy (non-hydrogen) atoms. The number of hydrogen-bond donors (Lipinski definition) is 1. The first-order valence-electron chi connectivity index (χ1n) is 6.79. The second kappa shape index (κ2) is 6.91. The summed E-state index contributed by atoms with van der Waals surface area (Å²) in [5, 5.41) is 7.77. The number of likely N-dealkylation sites (N-methyl/N-ethyl adjacent to an activating group) is 1. The molecule has 0 amide bonds. The van der Waals surface area contributed by atoms with Crippen LogP contribution in [0.4, 0.5) is 0 Å². The summed E-state index contributed by atoms with van der Waals surface area (Å²) in [7, 11) is 5.36. The summed E-state index contributed by atoms with van der Waals surface area (Å²) < 4.78 is 13.1. The summed E-state index contributed by atoms with van der Waals surface area (Å²) >= 11 is 0. The van der Waals surface area contributed by atoms with Gasteiger partial charge in [0.05, 0.1) is 25.5 Å². The molecule has 2 atom stereocenters. The van der Waals surface area contributed by atoms with E-state index in [1.165, 1.54) is 0 Å². The van der Waals surface area contributed by atoms with E-state index in [1.54, 1.807) is 20.4 Å². The fraction of sp³-hybridized carbons (Fsp3) is 0.786. The first-order valence-corrected chi connectivity index (χ1v) is 6.79. The van der Waals surface area contributed by atoms with Crippen molar-refractivity contribution in [2.45, 2.75) is 45.9 Å². The number of hydrogen-bond acceptors (Lipinski definition) is 4. The van der Waals surface area contributed by atoms with E-state index >= 15 is 0 Å². The van der Waals surface area contributed by atoms with Crippen molar-refractivity contribution >= 4 is 0 Å². The van der Waals surface area contributed by atoms with Crippen molar-refractivity contribution in [3.05, 3.63) is 11.9 Å². The molecule has 5 nitrogen and oxygen atoms in total. The number of methoxy groups -OCH3 is 2. The minimum Gasteiger partial charge on any atom is -0.493 e. The van der Waals surface area contributed by atoms with E-state index in [0.29, 0.717) is 5.92 Å². The van der Waals surface area contributed by atoms with Gasteiger partial charge in [0.2, 0.25) is 0 Å². The average Bonchev–Trinajstić information content (AvgIpc) is 2.78. The molecule has 0 saturated carbocycles. The Labute approximate surface area is 116 Å². The zero-order valence-electron chi connectivity index (χ0n) is 13.1. The number of nitrogens with zero attached hydrogens (tertiary/aromatic N) is 2. The highest BCUT2D eigenvalue weighted by molar-refractivity contribution is 5.29. The number of rotatable bonds is 7. The van der Waals surface area contributed by atoms with E-state index < -0.39 is 0 Å². The third-order valence-electron chi connectivity index (χ3n) is 3.37. The number of nitrogens with one attached hydrogen (secondary N) is 1. The van der Waals surface area contributed by atoms with Crippen LogP contribution < -0.4 is 10.1 Å². The quantitative estimate of drug-likeness (QED) is 0.826. The molecule has 1 rings (SSSR count). The first-order chi connectivity index (χ1) is 8.97. The lowest BCUT2D eigenvalue weighted by atomic mass is 9.96. The molecule has 0 aliphatic heterocycles. The molecule has 0 radical (unpaired) electrons. The van der Waals surface area contributed by atoms with Crippen LogP contribution in [0.5, 0.6) is 5.75 Å². The van der Waals surface area contributed by atoms with E-state index in [9.17, 15) is 0 Å². The topological polar surface area (TPSA) is 48.3 Å². The van der Waals surface area contributed by atoms with E-state index in [1.807, 2.05) is 11.7 Å². The SMILES string of the molecule is CNC(c1c(OC)cnn1C(C)C)C(OC)C(C)C. The number of aromatic nitrogens is 2. The third kappa shape index (κ3) is 3.28. The lowest BCUT2D eigenvalue weighted by Gasteiger charge is -2.30. The van der Waals surface area contributed by atoms with Gasteiger partial charge in [-0.1, -0.05) is 13.8 Å². The van der Waals surface area contributed by atoms with Gasteiger partial charge in [-0.15, -0.1) is 0 Å². The predicted molar refractivity (Wildman–Crippen MR) is 76.6 cm³/mol. The summed E-state index contributed by atoms with van der Waals surface area (Å²) in [6.45, 7) is 8.53. The van der Waals surface area contributed by atoms with Crippen LogP contribution in [0.15, 0.2) is 6.20 Å². The van der Waals surface area contributed by atoms with Crippen LogP contribution >= 0.6 is 0 Å². The number of ether oxygens (including phenoxy) is 2. The molecule has 2 unspecified atom stereocenters. The molecular weight excluding hydrogens is 242 g/mol. The maximum absolute atomic E-state index is 5.66. The minimum atomic E-state index is 0.0462. The summed E-state index contributed by atoms with van der Waals surface area (Å²) in [6.07, 6.45) is 1.83. The second-order valence-corrected chi connectivity index (χ2v) is 5.35. The summed E-state index contributed by atoms with van der Waals surface area (Å²) in [5.41, 5.74) is 1.04. The Bertz CT molecular complexity index is 388. The monoisotopic (exact) mass is 269 g/mol. The third-order valence-corrected chi connectivity index (χ3v) is 3.37. The molecule has 1 aromatic rings. The highest BCUT2D eigenvalue weighted by Gasteiger charge is 2.31.